The van der Waals surface area contributed by atoms with Crippen LogP contribution in [0, 0.1) is 0 Å². The Morgan fingerprint density at radius 1 is 1.25 bits per heavy atom. The molecule has 0 saturated carbocycles. The van der Waals surface area contributed by atoms with Gasteiger partial charge in [-0.2, -0.15) is 0 Å². The molecule has 52 valence electrons. The molecule has 0 saturated heterocycles. The molecule has 3 atom stereocenters. The van der Waals surface area contributed by atoms with Gasteiger partial charge in [-0.3, -0.25) is 0 Å². The van der Waals surface area contributed by atoms with Gasteiger partial charge < -0.3 is 0 Å². The predicted molar refractivity (Wildman–Crippen MR) is 64.7 cm³/mol. The van der Waals surface area contributed by atoms with Gasteiger partial charge in [0.2, 0.25) is 0 Å². The number of rotatable bonds is 1. The molecule has 0 aliphatic rings. The van der Waals surface area contributed by atoms with Gasteiger partial charge >= 0.3 is 0 Å². The molecule has 0 rings (SSSR count). The third-order valence-corrected chi connectivity index (χ3v) is 1.20. The van der Waals surface area contributed by atoms with Crippen molar-refractivity contribution in [2.45, 2.75) is 0 Å². The molecule has 6 heteroatoms. The molecule has 0 aliphatic heterocycles. The van der Waals surface area contributed by atoms with Crippen molar-refractivity contribution >= 4 is 69.6 Å². The van der Waals surface area contributed by atoms with Gasteiger partial charge in [0.15, 0.2) is 0 Å². The van der Waals surface area contributed by atoms with E-state index in [2.05, 4.69) is 68.9 Å². The molecule has 0 aromatic heterocycles. The zero-order valence-electron chi connectivity index (χ0n) is 4.07. The number of halogens is 3. The molecule has 0 heterocycles. The summed E-state index contributed by atoms with van der Waals surface area (Å²) in [5.74, 6) is 1.82. The predicted octanol–water partition coefficient (Wildman–Crippen LogP) is 4.46. The Labute approximate surface area is 81.4 Å². The Hall–Kier alpha value is 2.47. The van der Waals surface area contributed by atoms with E-state index in [1.54, 1.807) is 0 Å². The molecule has 0 N–H and O–H groups in total. The van der Waals surface area contributed by atoms with E-state index in [1.807, 2.05) is 5.82 Å². The molecule has 0 nitrogen and oxygen atoms in total. The van der Waals surface area contributed by atoms with Gasteiger partial charge in [0, 0.05) is 0 Å². The van der Waals surface area contributed by atoms with Crippen molar-refractivity contribution < 1.29 is 0 Å². The zero-order valence-corrected chi connectivity index (χ0v) is 12.1. The molecule has 0 fully saturated rings. The average Bonchev–Trinajstić information content (AvgIpc) is 1.96. The highest BCUT2D eigenvalue weighted by Crippen LogP contribution is 2.18. The van der Waals surface area contributed by atoms with E-state index in [1.165, 1.54) is 0 Å². The molecule has 8 heavy (non-hydrogen) atoms. The van der Waals surface area contributed by atoms with E-state index in [0.717, 1.165) is 0 Å². The maximum Gasteiger partial charge on any atom is -0.0273 e. The molecule has 0 amide bonds. The second kappa shape index (κ2) is 34.0. The molecule has 0 aromatic carbocycles. The van der Waals surface area contributed by atoms with Crippen molar-refractivity contribution in [3.8, 4) is 0 Å². The highest BCUT2D eigenvalue weighted by molar-refractivity contribution is 9.37. The normalized spacial score (nSPS) is 6.12. The van der Waals surface area contributed by atoms with Crippen LogP contribution in [-0.2, 0) is 0 Å². The summed E-state index contributed by atoms with van der Waals surface area (Å²) in [5.41, 5.74) is 0. The van der Waals surface area contributed by atoms with Crippen molar-refractivity contribution in [3.63, 3.8) is 0 Å². The summed E-state index contributed by atoms with van der Waals surface area (Å²) in [6.45, 7) is 3.44. The van der Waals surface area contributed by atoms with Crippen LogP contribution in [-0.4, -0.2) is 0 Å². The fourth-order valence-corrected chi connectivity index (χ4v) is 0. The van der Waals surface area contributed by atoms with E-state index in [9.17, 15) is 0 Å². The first kappa shape index (κ1) is 16.8. The van der Waals surface area contributed by atoms with E-state index in [-0.39, 0.29) is 0 Å². The molecule has 0 radical (unpaired) electrons. The summed E-state index contributed by atoms with van der Waals surface area (Å²) < 4.78 is 0. The van der Waals surface area contributed by atoms with Gasteiger partial charge in [-0.1, -0.05) is 74.7 Å². The molecule has 0 aromatic rings. The third kappa shape index (κ3) is 39.3. The minimum Gasteiger partial charge on any atom is -0.0980 e. The van der Waals surface area contributed by atoms with Crippen LogP contribution in [0.2, 0.25) is 0 Å². The summed E-state index contributed by atoms with van der Waals surface area (Å²) in [7, 11) is 5.18. The highest BCUT2D eigenvalue weighted by Gasteiger charge is 1.46. The fraction of sp³-hybridized carbons (Fsp3) is 0. The summed E-state index contributed by atoms with van der Waals surface area (Å²) >= 11 is 8.87. The molecular weight excluding hydrogens is 357 g/mol. The van der Waals surface area contributed by atoms with Gasteiger partial charge in [0.05, 0.1) is 0 Å². The highest BCUT2D eigenvalue weighted by atomic mass is 79.9. The minimum absolute atomic E-state index is 0.717. The summed E-state index contributed by atoms with van der Waals surface area (Å²) in [6, 6.07) is 0. The van der Waals surface area contributed by atoms with E-state index < -0.39 is 0 Å². The van der Waals surface area contributed by atoms with E-state index in [0.29, 0.717) is 7.28 Å². The zero-order chi connectivity index (χ0) is 7.41. The summed E-state index contributed by atoms with van der Waals surface area (Å²) in [5, 5.41) is 0. The second-order valence-electron chi connectivity index (χ2n) is 0.313. The second-order valence-corrected chi connectivity index (χ2v) is 2.31. The molecule has 0 bridgehead atoms. The Morgan fingerprint density at radius 3 is 1.38 bits per heavy atom. The first-order chi connectivity index (χ1) is 3.91. The largest absolute Gasteiger partial charge is 0.0980 e. The van der Waals surface area contributed by atoms with Crippen molar-refractivity contribution in [3.05, 3.63) is 12.4 Å². The average molecular weight is 365 g/mol. The van der Waals surface area contributed by atoms with Crippen molar-refractivity contribution in [1.29, 1.82) is 0 Å². The Balaban J connectivity index is -0.0000000542. The van der Waals surface area contributed by atoms with Crippen molar-refractivity contribution in [2.24, 2.45) is 0 Å². The molecule has 0 aliphatic carbocycles. The van der Waals surface area contributed by atoms with Crippen molar-refractivity contribution in [1.82, 2.24) is 0 Å². The maximum absolute atomic E-state index is 3.44. The van der Waals surface area contributed by atoms with Crippen LogP contribution in [0.15, 0.2) is 12.4 Å². The van der Waals surface area contributed by atoms with Crippen LogP contribution in [0.4, 0.5) is 0 Å². The minimum atomic E-state index is 0.717. The number of hydrogen-bond donors (Lipinski definition) is 0. The first-order valence-corrected chi connectivity index (χ1v) is 11.0. The van der Waals surface area contributed by atoms with Gasteiger partial charge in [0.1, 0.15) is 0 Å². The van der Waals surface area contributed by atoms with Gasteiger partial charge in [-0.25, -0.2) is 0 Å². The lowest BCUT2D eigenvalue weighted by Gasteiger charge is -1.56. The topological polar surface area (TPSA) is 0 Å². The monoisotopic (exact) mass is 362 g/mol. The maximum atomic E-state index is 3.44. The van der Waals surface area contributed by atoms with E-state index in [4.69, 9.17) is 0 Å². The Morgan fingerprint density at radius 2 is 1.38 bits per heavy atom. The third-order valence-electron chi connectivity index (χ3n) is 0.0772. The first-order valence-electron chi connectivity index (χ1n) is 1.32. The van der Waals surface area contributed by atoms with Crippen LogP contribution in [0.1, 0.15) is 0 Å². The van der Waals surface area contributed by atoms with Crippen LogP contribution in [0.25, 0.3) is 0 Å². The van der Waals surface area contributed by atoms with Crippen LogP contribution in [0.3, 0.4) is 0 Å². The molecular formula is C2H8Br3P3. The smallest absolute Gasteiger partial charge is 0.0273 e. The lowest BCUT2D eigenvalue weighted by Crippen LogP contribution is -1.02. The van der Waals surface area contributed by atoms with E-state index >= 15 is 0 Å². The summed E-state index contributed by atoms with van der Waals surface area (Å²) in [4.78, 5) is 0. The van der Waals surface area contributed by atoms with Gasteiger partial charge in [-0.15, -0.1) is 0 Å². The van der Waals surface area contributed by atoms with Crippen LogP contribution in [0.5, 0.6) is 0 Å². The summed E-state index contributed by atoms with van der Waals surface area (Å²) in [6.07, 6.45) is 0. The molecule has 0 spiro atoms. The van der Waals surface area contributed by atoms with Crippen LogP contribution >= 0.6 is 69.6 Å². The van der Waals surface area contributed by atoms with Crippen LogP contribution < -0.4 is 0 Å². The lowest BCUT2D eigenvalue weighted by molar-refractivity contribution is 2.67. The van der Waals surface area contributed by atoms with Gasteiger partial charge in [-0.05, 0) is 7.28 Å². The molecule has 3 unspecified atom stereocenters. The SMILES string of the molecule is C=CPBr.PBr.PBr. The van der Waals surface area contributed by atoms with Crippen molar-refractivity contribution in [2.75, 3.05) is 0 Å². The fourth-order valence-electron chi connectivity index (χ4n) is 0. The Kier molecular flexibility index (Phi) is 71.5. The quantitative estimate of drug-likeness (QED) is 0.603. The lowest BCUT2D eigenvalue weighted by atomic mass is 11.3. The van der Waals surface area contributed by atoms with Gasteiger partial charge in [0.25, 0.3) is 0 Å². The standard InChI is InChI=1S/C2H4BrP.2BrH2P/c1-2-4-3;2*1-2/h2,4H,1H2;2*2H2. The number of hydrogen-bond acceptors (Lipinski definition) is 0. The Bertz CT molecular complexity index is 26.5.